The van der Waals surface area contributed by atoms with Crippen molar-refractivity contribution in [1.29, 1.82) is 0 Å². The highest BCUT2D eigenvalue weighted by atomic mass is 16.5. The van der Waals surface area contributed by atoms with Gasteiger partial charge < -0.3 is 10.1 Å². The Hall–Kier alpha value is -1.46. The highest BCUT2D eigenvalue weighted by Gasteiger charge is 2.00. The molecule has 0 aliphatic carbocycles. The summed E-state index contributed by atoms with van der Waals surface area (Å²) in [5.41, 5.74) is 1.25. The average Bonchev–Trinajstić information content (AvgIpc) is 2.43. The molecule has 2 heteroatoms. The molecule has 0 radical (unpaired) electrons. The van der Waals surface area contributed by atoms with Crippen LogP contribution in [0.4, 0.5) is 0 Å². The molecule has 0 saturated carbocycles. The van der Waals surface area contributed by atoms with Gasteiger partial charge in [0.2, 0.25) is 0 Å². The third-order valence-corrected chi connectivity index (χ3v) is 3.02. The molecule has 19 heavy (non-hydrogen) atoms. The van der Waals surface area contributed by atoms with Gasteiger partial charge >= 0.3 is 0 Å². The molecule has 0 aliphatic heterocycles. The van der Waals surface area contributed by atoms with E-state index in [2.05, 4.69) is 37.2 Å². The van der Waals surface area contributed by atoms with E-state index in [4.69, 9.17) is 11.2 Å². The first-order valence-electron chi connectivity index (χ1n) is 7.14. The predicted octanol–water partition coefficient (Wildman–Crippen LogP) is 3.76. The maximum atomic E-state index is 5.68. The van der Waals surface area contributed by atoms with Crippen molar-refractivity contribution in [2.24, 2.45) is 0 Å². The lowest BCUT2D eigenvalue weighted by Crippen LogP contribution is -2.24. The van der Waals surface area contributed by atoms with Crippen molar-refractivity contribution in [3.8, 4) is 18.1 Å². The van der Waals surface area contributed by atoms with Gasteiger partial charge in [-0.3, -0.25) is 0 Å². The fourth-order valence-corrected chi connectivity index (χ4v) is 1.79. The highest BCUT2D eigenvalue weighted by Crippen LogP contribution is 2.13. The van der Waals surface area contributed by atoms with Gasteiger partial charge in [-0.05, 0) is 31.0 Å². The topological polar surface area (TPSA) is 21.3 Å². The second kappa shape index (κ2) is 9.47. The van der Waals surface area contributed by atoms with E-state index in [1.54, 1.807) is 0 Å². The summed E-state index contributed by atoms with van der Waals surface area (Å²) < 4.78 is 5.68. The summed E-state index contributed by atoms with van der Waals surface area (Å²) in [7, 11) is 0. The number of nitrogens with one attached hydrogen (secondary N) is 1. The summed E-state index contributed by atoms with van der Waals surface area (Å²) in [5.74, 6) is 3.62. The molecule has 2 nitrogen and oxygen atoms in total. The molecule has 0 fully saturated rings. The Labute approximate surface area is 117 Å². The Morgan fingerprint density at radius 1 is 1.26 bits per heavy atom. The van der Waals surface area contributed by atoms with Crippen LogP contribution in [0, 0.1) is 12.3 Å². The van der Waals surface area contributed by atoms with Crippen molar-refractivity contribution in [2.75, 3.05) is 6.61 Å². The fraction of sp³-hybridized carbons (Fsp3) is 0.529. The van der Waals surface area contributed by atoms with Gasteiger partial charge in [0.15, 0.2) is 0 Å². The van der Waals surface area contributed by atoms with Crippen LogP contribution in [0.15, 0.2) is 24.3 Å². The van der Waals surface area contributed by atoms with Crippen LogP contribution in [-0.4, -0.2) is 12.6 Å². The van der Waals surface area contributed by atoms with Crippen molar-refractivity contribution >= 4 is 0 Å². The summed E-state index contributed by atoms with van der Waals surface area (Å²) in [4.78, 5) is 0. The molecular formula is C17H25NO. The van der Waals surface area contributed by atoms with Crippen molar-refractivity contribution in [3.63, 3.8) is 0 Å². The van der Waals surface area contributed by atoms with Crippen molar-refractivity contribution in [1.82, 2.24) is 5.32 Å². The zero-order chi connectivity index (χ0) is 13.9. The van der Waals surface area contributed by atoms with Crippen molar-refractivity contribution in [2.45, 2.75) is 52.1 Å². The first-order chi connectivity index (χ1) is 9.26. The molecule has 104 valence electrons. The second-order valence-corrected chi connectivity index (χ2v) is 4.89. The monoisotopic (exact) mass is 259 g/mol. The highest BCUT2D eigenvalue weighted by molar-refractivity contribution is 5.27. The lowest BCUT2D eigenvalue weighted by molar-refractivity contribution is 0.306. The number of benzene rings is 1. The zero-order valence-corrected chi connectivity index (χ0v) is 12.1. The van der Waals surface area contributed by atoms with Gasteiger partial charge in [-0.1, -0.05) is 31.9 Å². The molecular weight excluding hydrogens is 234 g/mol. The second-order valence-electron chi connectivity index (χ2n) is 4.89. The number of rotatable bonds is 9. The Balaban J connectivity index is 2.29. The summed E-state index contributed by atoms with van der Waals surface area (Å²) >= 11 is 0. The molecule has 1 aromatic rings. The summed E-state index contributed by atoms with van der Waals surface area (Å²) in [6.45, 7) is 5.96. The normalized spacial score (nSPS) is 11.8. The van der Waals surface area contributed by atoms with Crippen molar-refractivity contribution in [3.05, 3.63) is 29.8 Å². The van der Waals surface area contributed by atoms with E-state index in [-0.39, 0.29) is 0 Å². The van der Waals surface area contributed by atoms with Gasteiger partial charge in [0.25, 0.3) is 0 Å². The Bertz CT molecular complexity index is 377. The maximum Gasteiger partial charge on any atom is 0.119 e. The van der Waals surface area contributed by atoms with Crippen LogP contribution in [0.5, 0.6) is 5.75 Å². The zero-order valence-electron chi connectivity index (χ0n) is 12.1. The van der Waals surface area contributed by atoms with Crippen LogP contribution in [0.3, 0.4) is 0 Å². The van der Waals surface area contributed by atoms with Gasteiger partial charge in [0, 0.05) is 19.0 Å². The van der Waals surface area contributed by atoms with Crippen LogP contribution in [0.1, 0.15) is 45.1 Å². The summed E-state index contributed by atoms with van der Waals surface area (Å²) in [5, 5.41) is 3.40. The van der Waals surface area contributed by atoms with E-state index < -0.39 is 0 Å². The Morgan fingerprint density at radius 3 is 2.63 bits per heavy atom. The SMILES string of the molecule is C#CCC(C)NCc1ccc(OCCCCC)cc1. The fourth-order valence-electron chi connectivity index (χ4n) is 1.79. The number of ether oxygens (including phenoxy) is 1. The third kappa shape index (κ3) is 6.88. The Morgan fingerprint density at radius 2 is 2.00 bits per heavy atom. The maximum absolute atomic E-state index is 5.68. The van der Waals surface area contributed by atoms with Gasteiger partial charge in [-0.25, -0.2) is 0 Å². The lowest BCUT2D eigenvalue weighted by atomic mass is 10.2. The number of hydrogen-bond donors (Lipinski definition) is 1. The third-order valence-electron chi connectivity index (χ3n) is 3.02. The standard InChI is InChI=1S/C17H25NO/c1-4-6-7-13-19-17-11-9-16(10-12-17)14-18-15(3)8-5-2/h2,9-12,15,18H,4,6-8,13-14H2,1,3H3. The molecule has 1 aromatic carbocycles. The van der Waals surface area contributed by atoms with Crippen LogP contribution in [-0.2, 0) is 6.54 Å². The molecule has 0 heterocycles. The number of terminal acetylenes is 1. The van der Waals surface area contributed by atoms with Gasteiger partial charge in [-0.15, -0.1) is 12.3 Å². The molecule has 1 atom stereocenters. The molecule has 0 amide bonds. The van der Waals surface area contributed by atoms with Crippen LogP contribution < -0.4 is 10.1 Å². The predicted molar refractivity (Wildman–Crippen MR) is 81.2 cm³/mol. The van der Waals surface area contributed by atoms with E-state index in [9.17, 15) is 0 Å². The first kappa shape index (κ1) is 15.6. The van der Waals surface area contributed by atoms with E-state index in [1.807, 2.05) is 12.1 Å². The Kier molecular flexibility index (Phi) is 7.77. The van der Waals surface area contributed by atoms with Crippen molar-refractivity contribution < 1.29 is 4.74 Å². The van der Waals surface area contributed by atoms with Crippen LogP contribution in [0.25, 0.3) is 0 Å². The number of unbranched alkanes of at least 4 members (excludes halogenated alkanes) is 2. The smallest absolute Gasteiger partial charge is 0.119 e. The summed E-state index contributed by atoms with van der Waals surface area (Å²) in [6.07, 6.45) is 9.63. The van der Waals surface area contributed by atoms with Gasteiger partial charge in [-0.2, -0.15) is 0 Å². The molecule has 1 N–H and O–H groups in total. The molecule has 0 aliphatic rings. The summed E-state index contributed by atoms with van der Waals surface area (Å²) in [6, 6.07) is 8.63. The van der Waals surface area contributed by atoms with Gasteiger partial charge in [0.1, 0.15) is 5.75 Å². The van der Waals surface area contributed by atoms with Crippen LogP contribution in [0.2, 0.25) is 0 Å². The molecule has 0 aromatic heterocycles. The quantitative estimate of drug-likeness (QED) is 0.538. The average molecular weight is 259 g/mol. The minimum Gasteiger partial charge on any atom is -0.494 e. The molecule has 1 rings (SSSR count). The number of hydrogen-bond acceptors (Lipinski definition) is 2. The largest absolute Gasteiger partial charge is 0.494 e. The first-order valence-corrected chi connectivity index (χ1v) is 7.14. The molecule has 0 saturated heterocycles. The van der Waals surface area contributed by atoms with E-state index in [0.29, 0.717) is 6.04 Å². The van der Waals surface area contributed by atoms with E-state index in [0.717, 1.165) is 31.7 Å². The van der Waals surface area contributed by atoms with E-state index in [1.165, 1.54) is 18.4 Å². The molecule has 1 unspecified atom stereocenters. The lowest BCUT2D eigenvalue weighted by Gasteiger charge is -2.11. The van der Waals surface area contributed by atoms with Crippen LogP contribution >= 0.6 is 0 Å². The van der Waals surface area contributed by atoms with Gasteiger partial charge in [0.05, 0.1) is 6.61 Å². The molecule has 0 spiro atoms. The van der Waals surface area contributed by atoms with E-state index >= 15 is 0 Å². The minimum absolute atomic E-state index is 0.356. The minimum atomic E-state index is 0.356. The molecule has 0 bridgehead atoms.